The highest BCUT2D eigenvalue weighted by molar-refractivity contribution is 6.09. The molecule has 2 rings (SSSR count). The lowest BCUT2D eigenvalue weighted by Gasteiger charge is -2.24. The van der Waals surface area contributed by atoms with Gasteiger partial charge in [0.1, 0.15) is 5.60 Å². The zero-order chi connectivity index (χ0) is 17.0. The lowest BCUT2D eigenvalue weighted by Crippen LogP contribution is -2.33. The van der Waals surface area contributed by atoms with Crippen LogP contribution < -0.4 is 11.5 Å². The fourth-order valence-corrected chi connectivity index (χ4v) is 2.42. The fraction of sp³-hybridized carbons (Fsp3) is 0.222. The number of amides is 1. The van der Waals surface area contributed by atoms with Crippen molar-refractivity contribution in [2.45, 2.75) is 25.9 Å². The van der Waals surface area contributed by atoms with Crippen molar-refractivity contribution >= 4 is 17.6 Å². The van der Waals surface area contributed by atoms with Crippen molar-refractivity contribution in [1.82, 2.24) is 0 Å². The van der Waals surface area contributed by atoms with Gasteiger partial charge in [0.2, 0.25) is 0 Å². The summed E-state index contributed by atoms with van der Waals surface area (Å²) in [4.78, 5) is 23.3. The standard InChI is InChI=1S/C18H20N2O3/c1-18(2,23-17(20)22)11-14-9-8-13(10-15(14)19)16(21)12-6-4-3-5-7-12/h3-10H,11,19H2,1-2H3,(H2,20,22). The van der Waals surface area contributed by atoms with Gasteiger partial charge in [0.05, 0.1) is 0 Å². The third kappa shape index (κ3) is 4.32. The number of anilines is 1. The van der Waals surface area contributed by atoms with Crippen LogP contribution in [0.4, 0.5) is 10.5 Å². The van der Waals surface area contributed by atoms with E-state index in [0.29, 0.717) is 23.2 Å². The van der Waals surface area contributed by atoms with E-state index in [4.69, 9.17) is 16.2 Å². The third-order valence-corrected chi connectivity index (χ3v) is 3.44. The molecule has 0 spiro atoms. The number of primary amides is 1. The summed E-state index contributed by atoms with van der Waals surface area (Å²) in [6.07, 6.45) is -0.425. The van der Waals surface area contributed by atoms with Gasteiger partial charge >= 0.3 is 6.09 Å². The van der Waals surface area contributed by atoms with E-state index >= 15 is 0 Å². The summed E-state index contributed by atoms with van der Waals surface area (Å²) < 4.78 is 5.06. The number of ether oxygens (including phenoxy) is 1. The molecule has 0 saturated carbocycles. The summed E-state index contributed by atoms with van der Waals surface area (Å²) in [5, 5.41) is 0. The molecule has 2 aromatic rings. The molecule has 1 amide bonds. The molecular formula is C18H20N2O3. The Morgan fingerprint density at radius 2 is 1.70 bits per heavy atom. The maximum absolute atomic E-state index is 12.4. The normalized spacial score (nSPS) is 11.0. The molecule has 0 unspecified atom stereocenters. The largest absolute Gasteiger partial charge is 0.443 e. The summed E-state index contributed by atoms with van der Waals surface area (Å²) in [6.45, 7) is 3.50. The predicted molar refractivity (Wildman–Crippen MR) is 89.2 cm³/mol. The molecule has 0 atom stereocenters. The highest BCUT2D eigenvalue weighted by Gasteiger charge is 2.23. The van der Waals surface area contributed by atoms with Gasteiger partial charge in [0.25, 0.3) is 0 Å². The number of ketones is 1. The number of hydrogen-bond donors (Lipinski definition) is 2. The Kier molecular flexibility index (Phi) is 4.69. The zero-order valence-corrected chi connectivity index (χ0v) is 13.2. The molecule has 2 aromatic carbocycles. The van der Waals surface area contributed by atoms with Gasteiger partial charge in [-0.3, -0.25) is 4.79 Å². The summed E-state index contributed by atoms with van der Waals surface area (Å²) in [5.74, 6) is -0.0866. The van der Waals surface area contributed by atoms with Gasteiger partial charge in [-0.25, -0.2) is 4.79 Å². The zero-order valence-electron chi connectivity index (χ0n) is 13.2. The van der Waals surface area contributed by atoms with Crippen molar-refractivity contribution in [2.75, 3.05) is 5.73 Å². The number of rotatable bonds is 5. The Labute approximate surface area is 135 Å². The Hall–Kier alpha value is -2.82. The van der Waals surface area contributed by atoms with E-state index in [9.17, 15) is 9.59 Å². The quantitative estimate of drug-likeness (QED) is 0.655. The van der Waals surface area contributed by atoms with Crippen LogP contribution in [0.3, 0.4) is 0 Å². The molecule has 0 aliphatic rings. The fourth-order valence-electron chi connectivity index (χ4n) is 2.42. The van der Waals surface area contributed by atoms with Gasteiger partial charge in [-0.15, -0.1) is 0 Å². The highest BCUT2D eigenvalue weighted by atomic mass is 16.6. The molecular weight excluding hydrogens is 292 g/mol. The number of nitrogen functional groups attached to an aromatic ring is 1. The van der Waals surface area contributed by atoms with Gasteiger partial charge in [-0.05, 0) is 25.5 Å². The van der Waals surface area contributed by atoms with Crippen molar-refractivity contribution in [3.05, 3.63) is 65.2 Å². The van der Waals surface area contributed by atoms with Crippen LogP contribution >= 0.6 is 0 Å². The second kappa shape index (κ2) is 6.52. The second-order valence-corrected chi connectivity index (χ2v) is 5.97. The van der Waals surface area contributed by atoms with Crippen molar-refractivity contribution < 1.29 is 14.3 Å². The van der Waals surface area contributed by atoms with Crippen molar-refractivity contribution in [3.8, 4) is 0 Å². The number of benzene rings is 2. The number of nitrogens with two attached hydrogens (primary N) is 2. The van der Waals surface area contributed by atoms with Crippen molar-refractivity contribution in [1.29, 1.82) is 0 Å². The molecule has 5 heteroatoms. The summed E-state index contributed by atoms with van der Waals surface area (Å²) in [5.41, 5.74) is 12.7. The first-order valence-corrected chi connectivity index (χ1v) is 7.25. The van der Waals surface area contributed by atoms with E-state index in [1.54, 1.807) is 44.2 Å². The Morgan fingerprint density at radius 1 is 1.04 bits per heavy atom. The van der Waals surface area contributed by atoms with Gasteiger partial charge < -0.3 is 16.2 Å². The molecule has 0 aliphatic carbocycles. The minimum Gasteiger partial charge on any atom is -0.443 e. The topological polar surface area (TPSA) is 95.4 Å². The predicted octanol–water partition coefficient (Wildman–Crippen LogP) is 2.92. The van der Waals surface area contributed by atoms with Crippen LogP contribution in [0.2, 0.25) is 0 Å². The second-order valence-electron chi connectivity index (χ2n) is 5.97. The molecule has 0 radical (unpaired) electrons. The van der Waals surface area contributed by atoms with Crippen LogP contribution in [0.25, 0.3) is 0 Å². The van der Waals surface area contributed by atoms with Crippen molar-refractivity contribution in [2.24, 2.45) is 5.73 Å². The van der Waals surface area contributed by atoms with Gasteiger partial charge in [-0.1, -0.05) is 42.5 Å². The number of hydrogen-bond acceptors (Lipinski definition) is 4. The van der Waals surface area contributed by atoms with Crippen LogP contribution in [0.15, 0.2) is 48.5 Å². The van der Waals surface area contributed by atoms with E-state index in [-0.39, 0.29) is 5.78 Å². The van der Waals surface area contributed by atoms with E-state index < -0.39 is 11.7 Å². The molecule has 4 N–H and O–H groups in total. The Morgan fingerprint density at radius 3 is 2.26 bits per heavy atom. The first-order valence-electron chi connectivity index (χ1n) is 7.25. The average molecular weight is 312 g/mol. The molecule has 0 aliphatic heterocycles. The SMILES string of the molecule is CC(C)(Cc1ccc(C(=O)c2ccccc2)cc1N)OC(N)=O. The molecule has 120 valence electrons. The first kappa shape index (κ1) is 16.5. The van der Waals surface area contributed by atoms with Crippen LogP contribution in [0, 0.1) is 0 Å². The molecule has 5 nitrogen and oxygen atoms in total. The lowest BCUT2D eigenvalue weighted by molar-refractivity contribution is 0.0461. The molecule has 0 heterocycles. The molecule has 23 heavy (non-hydrogen) atoms. The minimum absolute atomic E-state index is 0.0866. The summed E-state index contributed by atoms with van der Waals surface area (Å²) >= 11 is 0. The van der Waals surface area contributed by atoms with Crippen LogP contribution in [-0.2, 0) is 11.2 Å². The van der Waals surface area contributed by atoms with Crippen molar-refractivity contribution in [3.63, 3.8) is 0 Å². The monoisotopic (exact) mass is 312 g/mol. The van der Waals surface area contributed by atoms with Crippen LogP contribution in [-0.4, -0.2) is 17.5 Å². The lowest BCUT2D eigenvalue weighted by atomic mass is 9.94. The first-order chi connectivity index (χ1) is 10.8. The molecule has 0 saturated heterocycles. The Balaban J connectivity index is 2.21. The smallest absolute Gasteiger partial charge is 0.405 e. The number of carbonyl (C=O) groups excluding carboxylic acids is 2. The van der Waals surface area contributed by atoms with E-state index in [1.165, 1.54) is 0 Å². The molecule has 0 bridgehead atoms. The van der Waals surface area contributed by atoms with Gasteiger partial charge in [0, 0.05) is 23.2 Å². The number of carbonyl (C=O) groups is 2. The van der Waals surface area contributed by atoms with E-state index in [0.717, 1.165) is 5.56 Å². The maximum Gasteiger partial charge on any atom is 0.405 e. The van der Waals surface area contributed by atoms with E-state index in [2.05, 4.69) is 0 Å². The van der Waals surface area contributed by atoms with E-state index in [1.807, 2.05) is 18.2 Å². The van der Waals surface area contributed by atoms with Gasteiger partial charge in [-0.2, -0.15) is 0 Å². The highest BCUT2D eigenvalue weighted by Crippen LogP contribution is 2.23. The van der Waals surface area contributed by atoms with Crippen LogP contribution in [0.5, 0.6) is 0 Å². The summed E-state index contributed by atoms with van der Waals surface area (Å²) in [7, 11) is 0. The molecule has 0 fully saturated rings. The summed E-state index contributed by atoms with van der Waals surface area (Å²) in [6, 6.07) is 14.1. The van der Waals surface area contributed by atoms with Crippen LogP contribution in [0.1, 0.15) is 35.3 Å². The van der Waals surface area contributed by atoms with Gasteiger partial charge in [0.15, 0.2) is 5.78 Å². The maximum atomic E-state index is 12.4. The minimum atomic E-state index is -0.829. The Bertz CT molecular complexity index is 724. The average Bonchev–Trinajstić information content (AvgIpc) is 2.48. The molecule has 0 aromatic heterocycles. The third-order valence-electron chi connectivity index (χ3n) is 3.44.